The molecule has 0 amide bonds. The molecular formula is C14H20OS. The van der Waals surface area contributed by atoms with Crippen molar-refractivity contribution in [2.75, 3.05) is 5.75 Å². The summed E-state index contributed by atoms with van der Waals surface area (Å²) in [6, 6.07) is 8.52. The lowest BCUT2D eigenvalue weighted by molar-refractivity contribution is 0.0612. The third-order valence-corrected chi connectivity index (χ3v) is 4.64. The topological polar surface area (TPSA) is 20.2 Å². The molecule has 2 heteroatoms. The highest BCUT2D eigenvalue weighted by Gasteiger charge is 2.37. The number of benzene rings is 1. The number of thioether (sulfide) groups is 1. The summed E-state index contributed by atoms with van der Waals surface area (Å²) in [7, 11) is 0. The van der Waals surface area contributed by atoms with E-state index in [9.17, 15) is 5.11 Å². The Morgan fingerprint density at radius 3 is 2.56 bits per heavy atom. The smallest absolute Gasteiger partial charge is 0.0997 e. The second-order valence-electron chi connectivity index (χ2n) is 4.80. The molecule has 2 unspecified atom stereocenters. The molecule has 2 atom stereocenters. The summed E-state index contributed by atoms with van der Waals surface area (Å²) >= 11 is 1.86. The molecule has 1 heterocycles. The van der Waals surface area contributed by atoms with E-state index < -0.39 is 5.60 Å². The summed E-state index contributed by atoms with van der Waals surface area (Å²) in [5.74, 6) is 0.835. The van der Waals surface area contributed by atoms with Crippen LogP contribution in [0.4, 0.5) is 0 Å². The molecule has 1 nitrogen and oxygen atoms in total. The first-order valence-electron chi connectivity index (χ1n) is 6.07. The fourth-order valence-electron chi connectivity index (χ4n) is 2.35. The van der Waals surface area contributed by atoms with Crippen LogP contribution in [0.3, 0.4) is 0 Å². The normalized spacial score (nSPS) is 29.6. The maximum atomic E-state index is 10.5. The van der Waals surface area contributed by atoms with E-state index in [1.165, 1.54) is 12.0 Å². The Balaban J connectivity index is 2.15. The van der Waals surface area contributed by atoms with Crippen molar-refractivity contribution in [2.24, 2.45) is 0 Å². The Morgan fingerprint density at radius 1 is 1.38 bits per heavy atom. The molecule has 1 aromatic carbocycles. The van der Waals surface area contributed by atoms with Crippen LogP contribution in [-0.4, -0.2) is 16.1 Å². The number of aryl methyl sites for hydroxylation is 1. The average Bonchev–Trinajstić information content (AvgIpc) is 2.61. The molecule has 1 aromatic rings. The SMILES string of the molecule is CCCc1ccc(C2(O)CSC(C)C2)cc1. The molecule has 1 saturated heterocycles. The van der Waals surface area contributed by atoms with Crippen molar-refractivity contribution < 1.29 is 5.11 Å². The highest BCUT2D eigenvalue weighted by Crippen LogP contribution is 2.41. The number of rotatable bonds is 3. The first-order valence-corrected chi connectivity index (χ1v) is 7.12. The zero-order chi connectivity index (χ0) is 11.6. The van der Waals surface area contributed by atoms with Gasteiger partial charge >= 0.3 is 0 Å². The fraction of sp³-hybridized carbons (Fsp3) is 0.571. The summed E-state index contributed by atoms with van der Waals surface area (Å²) in [5, 5.41) is 11.1. The molecule has 0 bridgehead atoms. The van der Waals surface area contributed by atoms with Gasteiger partial charge in [-0.3, -0.25) is 0 Å². The van der Waals surface area contributed by atoms with E-state index >= 15 is 0 Å². The van der Waals surface area contributed by atoms with Crippen LogP contribution in [0.1, 0.15) is 37.8 Å². The Hall–Kier alpha value is -0.470. The van der Waals surface area contributed by atoms with Gasteiger partial charge in [0.2, 0.25) is 0 Å². The lowest BCUT2D eigenvalue weighted by Gasteiger charge is -2.22. The predicted molar refractivity (Wildman–Crippen MR) is 70.9 cm³/mol. The quantitative estimate of drug-likeness (QED) is 0.868. The molecule has 1 aliphatic rings. The van der Waals surface area contributed by atoms with Crippen molar-refractivity contribution in [2.45, 2.75) is 44.0 Å². The zero-order valence-corrected chi connectivity index (χ0v) is 10.9. The van der Waals surface area contributed by atoms with Gasteiger partial charge in [-0.1, -0.05) is 44.5 Å². The van der Waals surface area contributed by atoms with Gasteiger partial charge in [-0.2, -0.15) is 11.8 Å². The lowest BCUT2D eigenvalue weighted by atomic mass is 9.90. The first kappa shape index (κ1) is 12.0. The van der Waals surface area contributed by atoms with Crippen molar-refractivity contribution in [1.29, 1.82) is 0 Å². The highest BCUT2D eigenvalue weighted by atomic mass is 32.2. The number of hydrogen-bond donors (Lipinski definition) is 1. The predicted octanol–water partition coefficient (Wildman–Crippen LogP) is 3.35. The molecule has 0 saturated carbocycles. The van der Waals surface area contributed by atoms with Gasteiger partial charge in [0.1, 0.15) is 0 Å². The van der Waals surface area contributed by atoms with E-state index in [0.29, 0.717) is 5.25 Å². The molecule has 16 heavy (non-hydrogen) atoms. The molecule has 1 aliphatic heterocycles. The van der Waals surface area contributed by atoms with Crippen LogP contribution < -0.4 is 0 Å². The van der Waals surface area contributed by atoms with Crippen LogP contribution in [0.5, 0.6) is 0 Å². The van der Waals surface area contributed by atoms with Crippen molar-refractivity contribution in [1.82, 2.24) is 0 Å². The van der Waals surface area contributed by atoms with Gasteiger partial charge < -0.3 is 5.11 Å². The van der Waals surface area contributed by atoms with Crippen LogP contribution in [0.25, 0.3) is 0 Å². The highest BCUT2D eigenvalue weighted by molar-refractivity contribution is 8.00. The van der Waals surface area contributed by atoms with Crippen LogP contribution in [0.15, 0.2) is 24.3 Å². The van der Waals surface area contributed by atoms with Crippen LogP contribution in [0, 0.1) is 0 Å². The lowest BCUT2D eigenvalue weighted by Crippen LogP contribution is -2.25. The van der Waals surface area contributed by atoms with Gasteiger partial charge in [0.05, 0.1) is 5.60 Å². The average molecular weight is 236 g/mol. The molecule has 1 N–H and O–H groups in total. The minimum Gasteiger partial charge on any atom is -0.384 e. The number of aliphatic hydroxyl groups is 1. The van der Waals surface area contributed by atoms with Crippen molar-refractivity contribution in [3.8, 4) is 0 Å². The van der Waals surface area contributed by atoms with E-state index in [0.717, 1.165) is 24.2 Å². The van der Waals surface area contributed by atoms with Gasteiger partial charge in [0.15, 0.2) is 0 Å². The molecule has 0 spiro atoms. The van der Waals surface area contributed by atoms with Gasteiger partial charge in [-0.25, -0.2) is 0 Å². The van der Waals surface area contributed by atoms with E-state index in [-0.39, 0.29) is 0 Å². The Morgan fingerprint density at radius 2 is 2.06 bits per heavy atom. The largest absolute Gasteiger partial charge is 0.384 e. The van der Waals surface area contributed by atoms with E-state index in [1.807, 2.05) is 11.8 Å². The Labute approximate surface area is 102 Å². The zero-order valence-electron chi connectivity index (χ0n) is 10.1. The van der Waals surface area contributed by atoms with E-state index in [2.05, 4.69) is 38.1 Å². The van der Waals surface area contributed by atoms with Gasteiger partial charge in [0.25, 0.3) is 0 Å². The van der Waals surface area contributed by atoms with E-state index in [1.54, 1.807) is 0 Å². The molecule has 0 radical (unpaired) electrons. The van der Waals surface area contributed by atoms with Crippen molar-refractivity contribution >= 4 is 11.8 Å². The monoisotopic (exact) mass is 236 g/mol. The maximum absolute atomic E-state index is 10.5. The summed E-state index contributed by atoms with van der Waals surface area (Å²) in [6.45, 7) is 4.38. The summed E-state index contributed by atoms with van der Waals surface area (Å²) < 4.78 is 0. The maximum Gasteiger partial charge on any atom is 0.0997 e. The molecule has 88 valence electrons. The van der Waals surface area contributed by atoms with Crippen molar-refractivity contribution in [3.63, 3.8) is 0 Å². The third-order valence-electron chi connectivity index (χ3n) is 3.26. The van der Waals surface area contributed by atoms with Gasteiger partial charge in [-0.15, -0.1) is 0 Å². The second kappa shape index (κ2) is 4.80. The standard InChI is InChI=1S/C14H20OS/c1-3-4-12-5-7-13(8-6-12)14(15)9-11(2)16-10-14/h5-8,11,15H,3-4,9-10H2,1-2H3. The van der Waals surface area contributed by atoms with Crippen molar-refractivity contribution in [3.05, 3.63) is 35.4 Å². The minimum absolute atomic E-state index is 0.570. The molecular weight excluding hydrogens is 216 g/mol. The Bertz CT molecular complexity index is 346. The van der Waals surface area contributed by atoms with Crippen LogP contribution in [0.2, 0.25) is 0 Å². The summed E-state index contributed by atoms with van der Waals surface area (Å²) in [6.07, 6.45) is 3.19. The fourth-order valence-corrected chi connectivity index (χ4v) is 3.58. The second-order valence-corrected chi connectivity index (χ2v) is 6.23. The van der Waals surface area contributed by atoms with Crippen LogP contribution >= 0.6 is 11.8 Å². The summed E-state index contributed by atoms with van der Waals surface area (Å²) in [4.78, 5) is 0. The molecule has 2 rings (SSSR count). The van der Waals surface area contributed by atoms with E-state index in [4.69, 9.17) is 0 Å². The number of hydrogen-bond acceptors (Lipinski definition) is 2. The Kier molecular flexibility index (Phi) is 3.60. The van der Waals surface area contributed by atoms with Gasteiger partial charge in [0, 0.05) is 11.0 Å². The van der Waals surface area contributed by atoms with Gasteiger partial charge in [-0.05, 0) is 24.0 Å². The first-order chi connectivity index (χ1) is 7.64. The molecule has 1 fully saturated rings. The summed E-state index contributed by atoms with van der Waals surface area (Å²) in [5.41, 5.74) is 1.87. The molecule has 0 aliphatic carbocycles. The minimum atomic E-state index is -0.588. The third kappa shape index (κ3) is 2.44. The van der Waals surface area contributed by atoms with Crippen LogP contribution in [-0.2, 0) is 12.0 Å². The molecule has 0 aromatic heterocycles.